The first kappa shape index (κ1) is 24.9. The maximum absolute atomic E-state index is 13.3. The van der Waals surface area contributed by atoms with E-state index in [9.17, 15) is 4.79 Å². The number of methoxy groups -OCH3 is 1. The third-order valence-corrected chi connectivity index (χ3v) is 7.15. The second-order valence-electron chi connectivity index (χ2n) is 9.38. The number of benzene rings is 3. The van der Waals surface area contributed by atoms with E-state index in [2.05, 4.69) is 22.1 Å². The van der Waals surface area contributed by atoms with Gasteiger partial charge >= 0.3 is 0 Å². The van der Waals surface area contributed by atoms with Crippen LogP contribution in [0.1, 0.15) is 21.7 Å². The quantitative estimate of drug-likeness (QED) is 0.302. The van der Waals surface area contributed by atoms with Crippen molar-refractivity contribution in [2.75, 3.05) is 38.2 Å². The fourth-order valence-electron chi connectivity index (χ4n) is 4.95. The molecule has 2 aromatic heterocycles. The Bertz CT molecular complexity index is 1630. The van der Waals surface area contributed by atoms with Crippen LogP contribution < -0.4 is 9.64 Å². The van der Waals surface area contributed by atoms with E-state index in [1.807, 2.05) is 82.5 Å². The van der Waals surface area contributed by atoms with Crippen molar-refractivity contribution in [1.29, 1.82) is 0 Å². The molecule has 3 aromatic carbocycles. The standard InChI is InChI=1S/C30H27ClN6O2/c1-39-26-13-6-5-12-24(26)30(38)36-16-14-35(15-17-36)28-25-20-32-37(23-11-7-10-22(31)19-23)29(25)34-27(33-28)18-21-8-3-2-4-9-21/h2-13,19-20H,14-18H2,1H3. The second kappa shape index (κ2) is 10.7. The van der Waals surface area contributed by atoms with E-state index >= 15 is 0 Å². The lowest BCUT2D eigenvalue weighted by atomic mass is 10.1. The van der Waals surface area contributed by atoms with E-state index < -0.39 is 0 Å². The second-order valence-corrected chi connectivity index (χ2v) is 9.82. The smallest absolute Gasteiger partial charge is 0.257 e. The number of halogens is 1. The molecule has 39 heavy (non-hydrogen) atoms. The number of carbonyl (C=O) groups excluding carboxylic acids is 1. The molecule has 1 aliphatic rings. The van der Waals surface area contributed by atoms with Gasteiger partial charge in [0.15, 0.2) is 5.65 Å². The molecular formula is C30H27ClN6O2. The largest absolute Gasteiger partial charge is 0.496 e. The third kappa shape index (κ3) is 5.03. The minimum atomic E-state index is -0.0292. The van der Waals surface area contributed by atoms with Gasteiger partial charge in [-0.2, -0.15) is 5.10 Å². The number of piperazine rings is 1. The highest BCUT2D eigenvalue weighted by Crippen LogP contribution is 2.29. The molecule has 196 valence electrons. The molecule has 1 amide bonds. The normalized spacial score (nSPS) is 13.6. The predicted molar refractivity (Wildman–Crippen MR) is 152 cm³/mol. The number of hydrogen-bond acceptors (Lipinski definition) is 6. The van der Waals surface area contributed by atoms with Crippen molar-refractivity contribution in [3.63, 3.8) is 0 Å². The highest BCUT2D eigenvalue weighted by Gasteiger charge is 2.27. The Morgan fingerprint density at radius 3 is 2.46 bits per heavy atom. The van der Waals surface area contributed by atoms with Gasteiger partial charge in [-0.3, -0.25) is 4.79 Å². The summed E-state index contributed by atoms with van der Waals surface area (Å²) in [6.45, 7) is 2.41. The summed E-state index contributed by atoms with van der Waals surface area (Å²) >= 11 is 6.28. The van der Waals surface area contributed by atoms with Gasteiger partial charge in [0.1, 0.15) is 17.4 Å². The number of aromatic nitrogens is 4. The molecule has 0 radical (unpaired) electrons. The van der Waals surface area contributed by atoms with Gasteiger partial charge in [0, 0.05) is 37.6 Å². The van der Waals surface area contributed by atoms with Crippen LogP contribution in [0.15, 0.2) is 85.1 Å². The number of nitrogens with zero attached hydrogens (tertiary/aromatic N) is 6. The lowest BCUT2D eigenvalue weighted by Crippen LogP contribution is -2.49. The van der Waals surface area contributed by atoms with Crippen molar-refractivity contribution >= 4 is 34.4 Å². The summed E-state index contributed by atoms with van der Waals surface area (Å²) in [6, 6.07) is 25.1. The molecule has 0 unspecified atom stereocenters. The van der Waals surface area contributed by atoms with Crippen LogP contribution in [0.4, 0.5) is 5.82 Å². The number of fused-ring (bicyclic) bond motifs is 1. The Balaban J connectivity index is 1.33. The highest BCUT2D eigenvalue weighted by atomic mass is 35.5. The fraction of sp³-hybridized carbons (Fsp3) is 0.200. The SMILES string of the molecule is COc1ccccc1C(=O)N1CCN(c2nc(Cc3ccccc3)nc3c2cnn3-c2cccc(Cl)c2)CC1. The Labute approximate surface area is 231 Å². The van der Waals surface area contributed by atoms with Crippen LogP contribution in [0, 0.1) is 0 Å². The monoisotopic (exact) mass is 538 g/mol. The summed E-state index contributed by atoms with van der Waals surface area (Å²) < 4.78 is 7.22. The van der Waals surface area contributed by atoms with Crippen molar-refractivity contribution in [1.82, 2.24) is 24.6 Å². The summed E-state index contributed by atoms with van der Waals surface area (Å²) in [5, 5.41) is 6.15. The third-order valence-electron chi connectivity index (χ3n) is 6.92. The lowest BCUT2D eigenvalue weighted by molar-refractivity contribution is 0.0743. The van der Waals surface area contributed by atoms with Crippen molar-refractivity contribution in [3.8, 4) is 11.4 Å². The van der Waals surface area contributed by atoms with Gasteiger partial charge in [-0.25, -0.2) is 14.6 Å². The number of ether oxygens (including phenoxy) is 1. The summed E-state index contributed by atoms with van der Waals surface area (Å²) in [7, 11) is 1.58. The molecular weight excluding hydrogens is 512 g/mol. The Hall–Kier alpha value is -4.43. The number of carbonyl (C=O) groups is 1. The van der Waals surface area contributed by atoms with E-state index in [0.717, 1.165) is 28.1 Å². The summed E-state index contributed by atoms with van der Waals surface area (Å²) in [6.07, 6.45) is 2.40. The van der Waals surface area contributed by atoms with Crippen LogP contribution in [-0.4, -0.2) is 63.8 Å². The van der Waals surface area contributed by atoms with Gasteiger partial charge in [0.25, 0.3) is 5.91 Å². The van der Waals surface area contributed by atoms with Crippen molar-refractivity contribution < 1.29 is 9.53 Å². The Kier molecular flexibility index (Phi) is 6.85. The number of amides is 1. The highest BCUT2D eigenvalue weighted by molar-refractivity contribution is 6.30. The molecule has 0 aliphatic carbocycles. The van der Waals surface area contributed by atoms with Gasteiger partial charge in [0.05, 0.1) is 29.9 Å². The van der Waals surface area contributed by atoms with Crippen LogP contribution in [0.25, 0.3) is 16.7 Å². The molecule has 0 saturated carbocycles. The maximum Gasteiger partial charge on any atom is 0.257 e. The summed E-state index contributed by atoms with van der Waals surface area (Å²) in [5.74, 6) is 2.09. The van der Waals surface area contributed by atoms with E-state index in [-0.39, 0.29) is 5.91 Å². The van der Waals surface area contributed by atoms with Crippen LogP contribution in [0.5, 0.6) is 5.75 Å². The lowest BCUT2D eigenvalue weighted by Gasteiger charge is -2.36. The van der Waals surface area contributed by atoms with Crippen molar-refractivity contribution in [2.24, 2.45) is 0 Å². The number of rotatable bonds is 6. The molecule has 0 bridgehead atoms. The molecule has 9 heteroatoms. The zero-order chi connectivity index (χ0) is 26.8. The van der Waals surface area contributed by atoms with Gasteiger partial charge < -0.3 is 14.5 Å². The zero-order valence-electron chi connectivity index (χ0n) is 21.5. The molecule has 6 rings (SSSR count). The molecule has 5 aromatic rings. The molecule has 1 fully saturated rings. The number of anilines is 1. The van der Waals surface area contributed by atoms with Gasteiger partial charge in [-0.05, 0) is 35.9 Å². The van der Waals surface area contributed by atoms with Crippen LogP contribution in [-0.2, 0) is 6.42 Å². The van der Waals surface area contributed by atoms with Gasteiger partial charge in [-0.1, -0.05) is 60.1 Å². The van der Waals surface area contributed by atoms with E-state index in [1.54, 1.807) is 7.11 Å². The number of para-hydroxylation sites is 1. The molecule has 1 saturated heterocycles. The first-order chi connectivity index (χ1) is 19.1. The Morgan fingerprint density at radius 1 is 0.923 bits per heavy atom. The van der Waals surface area contributed by atoms with Gasteiger partial charge in [0.2, 0.25) is 0 Å². The zero-order valence-corrected chi connectivity index (χ0v) is 22.3. The molecule has 1 aliphatic heterocycles. The molecule has 8 nitrogen and oxygen atoms in total. The topological polar surface area (TPSA) is 76.4 Å². The van der Waals surface area contributed by atoms with E-state index in [4.69, 9.17) is 26.3 Å². The number of hydrogen-bond donors (Lipinski definition) is 0. The molecule has 3 heterocycles. The van der Waals surface area contributed by atoms with E-state index in [1.165, 1.54) is 0 Å². The summed E-state index contributed by atoms with van der Waals surface area (Å²) in [5.41, 5.74) is 3.26. The van der Waals surface area contributed by atoms with Crippen molar-refractivity contribution in [2.45, 2.75) is 6.42 Å². The average Bonchev–Trinajstić information content (AvgIpc) is 3.41. The molecule has 0 N–H and O–H groups in total. The van der Waals surface area contributed by atoms with Gasteiger partial charge in [-0.15, -0.1) is 0 Å². The first-order valence-corrected chi connectivity index (χ1v) is 13.2. The van der Waals surface area contributed by atoms with E-state index in [0.29, 0.717) is 54.8 Å². The fourth-order valence-corrected chi connectivity index (χ4v) is 5.13. The van der Waals surface area contributed by atoms with Crippen LogP contribution in [0.2, 0.25) is 5.02 Å². The molecule has 0 spiro atoms. The predicted octanol–water partition coefficient (Wildman–Crippen LogP) is 5.03. The van der Waals surface area contributed by atoms with Crippen molar-refractivity contribution in [3.05, 3.63) is 107 Å². The maximum atomic E-state index is 13.3. The average molecular weight is 539 g/mol. The van der Waals surface area contributed by atoms with Crippen LogP contribution >= 0.6 is 11.6 Å². The summed E-state index contributed by atoms with van der Waals surface area (Å²) in [4.78, 5) is 27.3. The Morgan fingerprint density at radius 2 is 1.69 bits per heavy atom. The van der Waals surface area contributed by atoms with Crippen LogP contribution in [0.3, 0.4) is 0 Å². The first-order valence-electron chi connectivity index (χ1n) is 12.8. The molecule has 0 atom stereocenters. The minimum Gasteiger partial charge on any atom is -0.496 e. The minimum absolute atomic E-state index is 0.0292.